The minimum absolute atomic E-state index is 0.422. The van der Waals surface area contributed by atoms with Crippen LogP contribution in [-0.2, 0) is 16.1 Å². The Morgan fingerprint density at radius 2 is 1.94 bits per heavy atom. The summed E-state index contributed by atoms with van der Waals surface area (Å²) >= 11 is 0. The fraction of sp³-hybridized carbons (Fsp3) is 0.400. The summed E-state index contributed by atoms with van der Waals surface area (Å²) in [5.74, 6) is 3.07. The van der Waals surface area contributed by atoms with Gasteiger partial charge >= 0.3 is 0 Å². The lowest BCUT2D eigenvalue weighted by Gasteiger charge is -2.09. The van der Waals surface area contributed by atoms with Gasteiger partial charge in [-0.1, -0.05) is 50.0 Å². The molecule has 2 nitrogen and oxygen atoms in total. The number of ether oxygens (including phenoxy) is 1. The highest BCUT2D eigenvalue weighted by molar-refractivity contribution is 6.83. The van der Waals surface area contributed by atoms with Crippen LogP contribution in [0, 0.1) is 11.5 Å². The number of carbonyl (C=O) groups excluding carboxylic acids is 1. The van der Waals surface area contributed by atoms with Crippen LogP contribution in [0.1, 0.15) is 12.0 Å². The summed E-state index contributed by atoms with van der Waals surface area (Å²) in [6, 6.07) is 9.84. The summed E-state index contributed by atoms with van der Waals surface area (Å²) in [6.45, 7) is 7.00. The van der Waals surface area contributed by atoms with Crippen molar-refractivity contribution in [2.24, 2.45) is 0 Å². The zero-order valence-corrected chi connectivity index (χ0v) is 12.3. The molecule has 0 aliphatic rings. The lowest BCUT2D eigenvalue weighted by Crippen LogP contribution is -2.18. The summed E-state index contributed by atoms with van der Waals surface area (Å²) in [6.07, 6.45) is 0.900. The molecule has 1 aromatic carbocycles. The first-order valence-corrected chi connectivity index (χ1v) is 9.62. The zero-order chi connectivity index (χ0) is 13.4. The van der Waals surface area contributed by atoms with Gasteiger partial charge in [0.15, 0.2) is 0 Å². The van der Waals surface area contributed by atoms with Gasteiger partial charge in [0, 0.05) is 6.42 Å². The second-order valence-corrected chi connectivity index (χ2v) is 9.98. The van der Waals surface area contributed by atoms with E-state index in [2.05, 4.69) is 31.1 Å². The Bertz CT molecular complexity index is 423. The van der Waals surface area contributed by atoms with Crippen molar-refractivity contribution in [2.75, 3.05) is 0 Å². The van der Waals surface area contributed by atoms with Gasteiger partial charge in [-0.25, -0.2) is 0 Å². The van der Waals surface area contributed by atoms with E-state index in [1.807, 2.05) is 30.3 Å². The Morgan fingerprint density at radius 1 is 1.28 bits per heavy atom. The van der Waals surface area contributed by atoms with Crippen molar-refractivity contribution in [1.29, 1.82) is 0 Å². The molecule has 1 aromatic rings. The van der Waals surface area contributed by atoms with Gasteiger partial charge in [0.25, 0.3) is 0 Å². The van der Waals surface area contributed by atoms with Crippen molar-refractivity contribution in [3.05, 3.63) is 35.9 Å². The van der Waals surface area contributed by atoms with Gasteiger partial charge in [0.2, 0.25) is 0 Å². The third-order valence-electron chi connectivity index (χ3n) is 2.23. The maximum atomic E-state index is 10.9. The molecule has 18 heavy (non-hydrogen) atoms. The quantitative estimate of drug-likeness (QED) is 0.462. The fourth-order valence-corrected chi connectivity index (χ4v) is 1.97. The highest BCUT2D eigenvalue weighted by Gasteiger charge is 2.09. The number of hydrogen-bond donors (Lipinski definition) is 0. The SMILES string of the molecule is C[Si](C)(C)C#CCC(C=O)OCc1ccccc1. The van der Waals surface area contributed by atoms with Gasteiger partial charge in [-0.3, -0.25) is 0 Å². The number of rotatable bonds is 5. The topological polar surface area (TPSA) is 26.3 Å². The lowest BCUT2D eigenvalue weighted by atomic mass is 10.2. The standard InChI is InChI=1S/C15H20O2Si/c1-18(2,3)11-7-10-15(12-16)17-13-14-8-5-4-6-9-14/h4-6,8-9,12,15H,10,13H2,1-3H3. The smallest absolute Gasteiger partial charge is 0.149 e. The van der Waals surface area contributed by atoms with E-state index in [-0.39, 0.29) is 0 Å². The number of carbonyl (C=O) groups is 1. The molecule has 96 valence electrons. The van der Waals surface area contributed by atoms with Crippen LogP contribution in [0.5, 0.6) is 0 Å². The summed E-state index contributed by atoms with van der Waals surface area (Å²) in [4.78, 5) is 10.9. The Hall–Kier alpha value is -1.37. The van der Waals surface area contributed by atoms with Crippen LogP contribution >= 0.6 is 0 Å². The average Bonchev–Trinajstić information content (AvgIpc) is 2.33. The molecule has 1 atom stereocenters. The minimum atomic E-state index is -1.36. The summed E-state index contributed by atoms with van der Waals surface area (Å²) in [7, 11) is -1.36. The first kappa shape index (κ1) is 14.7. The predicted octanol–water partition coefficient (Wildman–Crippen LogP) is 3.04. The van der Waals surface area contributed by atoms with E-state index < -0.39 is 14.2 Å². The normalized spacial score (nSPS) is 12.4. The van der Waals surface area contributed by atoms with E-state index in [1.54, 1.807) is 0 Å². The van der Waals surface area contributed by atoms with E-state index in [0.29, 0.717) is 13.0 Å². The molecule has 0 fully saturated rings. The summed E-state index contributed by atoms with van der Waals surface area (Å²) in [5, 5.41) is 0. The van der Waals surface area contributed by atoms with Crippen molar-refractivity contribution in [3.63, 3.8) is 0 Å². The molecule has 0 bridgehead atoms. The predicted molar refractivity (Wildman–Crippen MR) is 76.8 cm³/mol. The first-order chi connectivity index (χ1) is 8.51. The molecule has 0 saturated heterocycles. The van der Waals surface area contributed by atoms with Crippen LogP contribution < -0.4 is 0 Å². The van der Waals surface area contributed by atoms with Crippen molar-refractivity contribution in [2.45, 2.75) is 38.8 Å². The molecular formula is C15H20O2Si. The van der Waals surface area contributed by atoms with Crippen LogP contribution in [-0.4, -0.2) is 20.5 Å². The maximum absolute atomic E-state index is 10.9. The van der Waals surface area contributed by atoms with Gasteiger partial charge < -0.3 is 9.53 Å². The minimum Gasteiger partial charge on any atom is -0.365 e. The van der Waals surface area contributed by atoms with E-state index in [4.69, 9.17) is 4.74 Å². The molecule has 0 aromatic heterocycles. The lowest BCUT2D eigenvalue weighted by molar-refractivity contribution is -0.118. The molecule has 0 N–H and O–H groups in total. The molecule has 3 heteroatoms. The van der Waals surface area contributed by atoms with Gasteiger partial charge in [0.1, 0.15) is 20.5 Å². The molecular weight excluding hydrogens is 240 g/mol. The van der Waals surface area contributed by atoms with E-state index in [1.165, 1.54) is 0 Å². The van der Waals surface area contributed by atoms with Crippen molar-refractivity contribution in [3.8, 4) is 11.5 Å². The Morgan fingerprint density at radius 3 is 2.50 bits per heavy atom. The molecule has 0 aliphatic heterocycles. The molecule has 0 heterocycles. The Balaban J connectivity index is 2.43. The number of aldehydes is 1. The largest absolute Gasteiger partial charge is 0.365 e. The fourth-order valence-electron chi connectivity index (χ4n) is 1.34. The van der Waals surface area contributed by atoms with Crippen molar-refractivity contribution >= 4 is 14.4 Å². The van der Waals surface area contributed by atoms with Crippen LogP contribution in [0.15, 0.2) is 30.3 Å². The first-order valence-electron chi connectivity index (χ1n) is 6.12. The molecule has 1 rings (SSSR count). The van der Waals surface area contributed by atoms with Crippen molar-refractivity contribution < 1.29 is 9.53 Å². The van der Waals surface area contributed by atoms with Gasteiger partial charge in [-0.05, 0) is 5.56 Å². The average molecular weight is 260 g/mol. The monoisotopic (exact) mass is 260 g/mol. The number of benzene rings is 1. The van der Waals surface area contributed by atoms with Gasteiger partial charge in [-0.15, -0.1) is 11.5 Å². The zero-order valence-electron chi connectivity index (χ0n) is 11.3. The van der Waals surface area contributed by atoms with Crippen LogP contribution in [0.25, 0.3) is 0 Å². The Kier molecular flexibility index (Phi) is 5.83. The van der Waals surface area contributed by atoms with Crippen molar-refractivity contribution in [1.82, 2.24) is 0 Å². The molecule has 0 amide bonds. The van der Waals surface area contributed by atoms with Gasteiger partial charge in [-0.2, -0.15) is 0 Å². The second-order valence-electron chi connectivity index (χ2n) is 5.23. The van der Waals surface area contributed by atoms with Crippen LogP contribution in [0.3, 0.4) is 0 Å². The third kappa shape index (κ3) is 6.38. The summed E-state index contributed by atoms with van der Waals surface area (Å²) in [5.41, 5.74) is 4.31. The van der Waals surface area contributed by atoms with E-state index in [0.717, 1.165) is 11.8 Å². The molecule has 0 spiro atoms. The van der Waals surface area contributed by atoms with E-state index >= 15 is 0 Å². The van der Waals surface area contributed by atoms with Crippen LogP contribution in [0.4, 0.5) is 0 Å². The maximum Gasteiger partial charge on any atom is 0.149 e. The second kappa shape index (κ2) is 7.15. The molecule has 1 unspecified atom stereocenters. The van der Waals surface area contributed by atoms with Gasteiger partial charge in [0.05, 0.1) is 6.61 Å². The van der Waals surface area contributed by atoms with E-state index in [9.17, 15) is 4.79 Å². The third-order valence-corrected chi connectivity index (χ3v) is 3.15. The summed E-state index contributed by atoms with van der Waals surface area (Å²) < 4.78 is 5.54. The molecule has 0 aliphatic carbocycles. The highest BCUT2D eigenvalue weighted by Crippen LogP contribution is 2.05. The Labute approximate surface area is 110 Å². The van der Waals surface area contributed by atoms with Crippen LogP contribution in [0.2, 0.25) is 19.6 Å². The molecule has 0 saturated carbocycles. The number of hydrogen-bond acceptors (Lipinski definition) is 2. The molecule has 0 radical (unpaired) electrons. The highest BCUT2D eigenvalue weighted by atomic mass is 28.3.